The van der Waals surface area contributed by atoms with Crippen LogP contribution in [0.25, 0.3) is 0 Å². The zero-order chi connectivity index (χ0) is 23.3. The Labute approximate surface area is 202 Å². The molecule has 0 aliphatic carbocycles. The maximum absolute atomic E-state index is 5.97. The van der Waals surface area contributed by atoms with Gasteiger partial charge in [-0.05, 0) is 54.8 Å². The first kappa shape index (κ1) is 21.9. The van der Waals surface area contributed by atoms with E-state index in [1.807, 2.05) is 31.2 Å². The number of anilines is 2. The molecule has 0 atom stereocenters. The van der Waals surface area contributed by atoms with Gasteiger partial charge in [-0.3, -0.25) is 0 Å². The SMILES string of the molecule is C=C1OCN(c2cccc(Cc3cccc(N4COc5ccccc5C4)c3)c2)C/C1=C/C=C\C. The smallest absolute Gasteiger partial charge is 0.161 e. The second kappa shape index (κ2) is 9.92. The molecule has 0 saturated carbocycles. The van der Waals surface area contributed by atoms with Gasteiger partial charge >= 0.3 is 0 Å². The first-order chi connectivity index (χ1) is 16.7. The number of rotatable bonds is 5. The number of allylic oxidation sites excluding steroid dienone is 3. The van der Waals surface area contributed by atoms with E-state index < -0.39 is 0 Å². The minimum absolute atomic E-state index is 0.515. The van der Waals surface area contributed by atoms with E-state index in [2.05, 4.69) is 83.1 Å². The lowest BCUT2D eigenvalue weighted by atomic mass is 10.0. The highest BCUT2D eigenvalue weighted by molar-refractivity contribution is 5.55. The Kier molecular flexibility index (Phi) is 6.39. The van der Waals surface area contributed by atoms with Crippen molar-refractivity contribution < 1.29 is 9.47 Å². The summed E-state index contributed by atoms with van der Waals surface area (Å²) in [5, 5.41) is 0. The van der Waals surface area contributed by atoms with Crippen molar-refractivity contribution >= 4 is 11.4 Å². The molecule has 3 aromatic carbocycles. The van der Waals surface area contributed by atoms with E-state index in [9.17, 15) is 0 Å². The van der Waals surface area contributed by atoms with E-state index in [0.29, 0.717) is 13.5 Å². The third kappa shape index (κ3) is 4.86. The monoisotopic (exact) mass is 450 g/mol. The Hall–Kier alpha value is -3.92. The zero-order valence-corrected chi connectivity index (χ0v) is 19.6. The van der Waals surface area contributed by atoms with Crippen molar-refractivity contribution in [1.29, 1.82) is 0 Å². The number of ether oxygens (including phenoxy) is 2. The molecule has 4 nitrogen and oxygen atoms in total. The molecule has 1 fully saturated rings. The van der Waals surface area contributed by atoms with E-state index in [-0.39, 0.29) is 0 Å². The summed E-state index contributed by atoms with van der Waals surface area (Å²) in [4.78, 5) is 4.52. The van der Waals surface area contributed by atoms with Crippen LogP contribution in [0.1, 0.15) is 23.6 Å². The molecule has 0 N–H and O–H groups in total. The number of nitrogens with zero attached hydrogens (tertiary/aromatic N) is 2. The molecule has 4 heteroatoms. The summed E-state index contributed by atoms with van der Waals surface area (Å²) in [5.41, 5.74) is 7.23. The molecular weight excluding hydrogens is 420 g/mol. The first-order valence-corrected chi connectivity index (χ1v) is 11.7. The summed E-state index contributed by atoms with van der Waals surface area (Å²) in [7, 11) is 0. The van der Waals surface area contributed by atoms with Crippen LogP contribution in [0.15, 0.2) is 109 Å². The van der Waals surface area contributed by atoms with E-state index in [0.717, 1.165) is 42.3 Å². The maximum atomic E-state index is 5.97. The average molecular weight is 451 g/mol. The predicted molar refractivity (Wildman–Crippen MR) is 139 cm³/mol. The Bertz CT molecular complexity index is 1240. The Morgan fingerprint density at radius 3 is 2.24 bits per heavy atom. The van der Waals surface area contributed by atoms with Crippen LogP contribution < -0.4 is 14.5 Å². The summed E-state index contributed by atoms with van der Waals surface area (Å²) in [6, 6.07) is 25.8. The lowest BCUT2D eigenvalue weighted by molar-refractivity contribution is 0.203. The number of benzene rings is 3. The molecule has 0 spiro atoms. The van der Waals surface area contributed by atoms with E-state index in [1.165, 1.54) is 22.4 Å². The molecule has 5 rings (SSSR count). The molecule has 34 heavy (non-hydrogen) atoms. The third-order valence-corrected chi connectivity index (χ3v) is 6.27. The molecule has 2 aliphatic heterocycles. The van der Waals surface area contributed by atoms with E-state index >= 15 is 0 Å². The molecule has 2 aliphatic rings. The van der Waals surface area contributed by atoms with Gasteiger partial charge in [0.05, 0.1) is 0 Å². The Morgan fingerprint density at radius 1 is 0.824 bits per heavy atom. The van der Waals surface area contributed by atoms with Crippen LogP contribution in [-0.2, 0) is 17.7 Å². The van der Waals surface area contributed by atoms with Crippen molar-refractivity contribution in [3.63, 3.8) is 0 Å². The van der Waals surface area contributed by atoms with Crippen molar-refractivity contribution in [2.45, 2.75) is 19.9 Å². The molecule has 1 saturated heterocycles. The van der Waals surface area contributed by atoms with Crippen LogP contribution in [0.3, 0.4) is 0 Å². The van der Waals surface area contributed by atoms with Gasteiger partial charge in [0, 0.05) is 35.6 Å². The van der Waals surface area contributed by atoms with Crippen LogP contribution in [0, 0.1) is 0 Å². The van der Waals surface area contributed by atoms with Crippen molar-refractivity contribution in [3.05, 3.63) is 126 Å². The fourth-order valence-electron chi connectivity index (χ4n) is 4.41. The Morgan fingerprint density at radius 2 is 1.50 bits per heavy atom. The molecule has 0 aromatic heterocycles. The third-order valence-electron chi connectivity index (χ3n) is 6.27. The zero-order valence-electron chi connectivity index (χ0n) is 19.6. The number of para-hydroxylation sites is 1. The number of hydrogen-bond donors (Lipinski definition) is 0. The van der Waals surface area contributed by atoms with Crippen molar-refractivity contribution in [1.82, 2.24) is 0 Å². The van der Waals surface area contributed by atoms with Gasteiger partial charge < -0.3 is 19.3 Å². The first-order valence-electron chi connectivity index (χ1n) is 11.7. The maximum Gasteiger partial charge on any atom is 0.161 e. The van der Waals surface area contributed by atoms with Gasteiger partial charge in [0.15, 0.2) is 13.5 Å². The largest absolute Gasteiger partial charge is 0.473 e. The highest BCUT2D eigenvalue weighted by Crippen LogP contribution is 2.29. The lowest BCUT2D eigenvalue weighted by Gasteiger charge is -2.32. The van der Waals surface area contributed by atoms with Crippen LogP contribution >= 0.6 is 0 Å². The van der Waals surface area contributed by atoms with Crippen LogP contribution in [-0.4, -0.2) is 20.0 Å². The highest BCUT2D eigenvalue weighted by Gasteiger charge is 2.19. The summed E-state index contributed by atoms with van der Waals surface area (Å²) >= 11 is 0. The number of hydrogen-bond acceptors (Lipinski definition) is 4. The fraction of sp³-hybridized carbons (Fsp3) is 0.200. The van der Waals surface area contributed by atoms with Crippen molar-refractivity contribution in [2.24, 2.45) is 0 Å². The van der Waals surface area contributed by atoms with Crippen molar-refractivity contribution in [3.8, 4) is 5.75 Å². The molecular formula is C30H30N2O2. The summed E-state index contributed by atoms with van der Waals surface area (Å²) in [6.07, 6.45) is 6.99. The highest BCUT2D eigenvalue weighted by atomic mass is 16.5. The second-order valence-electron chi connectivity index (χ2n) is 8.71. The topological polar surface area (TPSA) is 24.9 Å². The standard InChI is InChI=1S/C30H30N2O2/c1-3-4-11-26-19-31(21-33-23(26)2)28-13-7-9-24(17-28)16-25-10-8-14-29(18-25)32-20-27-12-5-6-15-30(27)34-22-32/h3-15,17-18H,2,16,19-22H2,1H3/b4-3-,26-11-. The molecule has 0 amide bonds. The van der Waals surface area contributed by atoms with Crippen LogP contribution in [0.4, 0.5) is 11.4 Å². The van der Waals surface area contributed by atoms with Gasteiger partial charge in [-0.25, -0.2) is 0 Å². The minimum Gasteiger partial charge on any atom is -0.473 e. The fourth-order valence-corrected chi connectivity index (χ4v) is 4.41. The van der Waals surface area contributed by atoms with Gasteiger partial charge in [-0.1, -0.05) is 67.3 Å². The summed E-state index contributed by atoms with van der Waals surface area (Å²) in [6.45, 7) is 8.79. The molecule has 0 radical (unpaired) electrons. The average Bonchev–Trinajstić information content (AvgIpc) is 2.88. The van der Waals surface area contributed by atoms with Gasteiger partial charge in [0.2, 0.25) is 0 Å². The molecule has 0 unspecified atom stereocenters. The molecule has 0 bridgehead atoms. The van der Waals surface area contributed by atoms with Gasteiger partial charge in [-0.15, -0.1) is 0 Å². The Balaban J connectivity index is 1.30. The van der Waals surface area contributed by atoms with Crippen LogP contribution in [0.5, 0.6) is 5.75 Å². The quantitative estimate of drug-likeness (QED) is 0.446. The molecule has 2 heterocycles. The van der Waals surface area contributed by atoms with Crippen molar-refractivity contribution in [2.75, 3.05) is 29.8 Å². The lowest BCUT2D eigenvalue weighted by Crippen LogP contribution is -2.33. The van der Waals surface area contributed by atoms with Gasteiger partial charge in [0.25, 0.3) is 0 Å². The van der Waals surface area contributed by atoms with E-state index in [4.69, 9.17) is 9.47 Å². The predicted octanol–water partition coefficient (Wildman–Crippen LogP) is 6.44. The number of fused-ring (bicyclic) bond motifs is 1. The molecule has 3 aromatic rings. The van der Waals surface area contributed by atoms with Gasteiger partial charge in [-0.2, -0.15) is 0 Å². The molecule has 172 valence electrons. The van der Waals surface area contributed by atoms with Crippen LogP contribution in [0.2, 0.25) is 0 Å². The minimum atomic E-state index is 0.515. The summed E-state index contributed by atoms with van der Waals surface area (Å²) < 4.78 is 11.8. The van der Waals surface area contributed by atoms with Gasteiger partial charge in [0.1, 0.15) is 11.5 Å². The second-order valence-corrected chi connectivity index (χ2v) is 8.71. The van der Waals surface area contributed by atoms with E-state index in [1.54, 1.807) is 0 Å². The normalized spacial score (nSPS) is 17.0. The summed E-state index contributed by atoms with van der Waals surface area (Å²) in [5.74, 6) is 1.74.